The first-order valence-corrected chi connectivity index (χ1v) is 9.26. The van der Waals surface area contributed by atoms with Crippen LogP contribution in [-0.2, 0) is 6.54 Å². The number of carbonyl (C=O) groups is 1. The standard InChI is InChI=1S/C13H11Br2NOS2/c14-10-5-11(19-12(10)15)13(17)16(9-1-2-9)6-8-3-4-18-7-8/h3-5,7,9H,1-2,6H2. The molecule has 0 radical (unpaired) electrons. The van der Waals surface area contributed by atoms with E-state index < -0.39 is 0 Å². The number of hydrogen-bond acceptors (Lipinski definition) is 3. The minimum Gasteiger partial charge on any atom is -0.331 e. The second-order valence-corrected chi connectivity index (χ2v) is 8.53. The van der Waals surface area contributed by atoms with Crippen LogP contribution in [0.5, 0.6) is 0 Å². The van der Waals surface area contributed by atoms with Gasteiger partial charge in [-0.25, -0.2) is 0 Å². The highest BCUT2D eigenvalue weighted by atomic mass is 79.9. The van der Waals surface area contributed by atoms with Crippen LogP contribution in [0.1, 0.15) is 28.1 Å². The van der Waals surface area contributed by atoms with Gasteiger partial charge in [-0.3, -0.25) is 4.79 Å². The van der Waals surface area contributed by atoms with Crippen LogP contribution in [0, 0.1) is 0 Å². The van der Waals surface area contributed by atoms with Gasteiger partial charge in [0, 0.05) is 17.1 Å². The Balaban J connectivity index is 1.81. The topological polar surface area (TPSA) is 20.3 Å². The van der Waals surface area contributed by atoms with Crippen molar-refractivity contribution >= 4 is 60.4 Å². The van der Waals surface area contributed by atoms with Crippen molar-refractivity contribution in [2.75, 3.05) is 0 Å². The van der Waals surface area contributed by atoms with Crippen LogP contribution in [0.15, 0.2) is 31.2 Å². The molecule has 100 valence electrons. The maximum absolute atomic E-state index is 12.6. The summed E-state index contributed by atoms with van der Waals surface area (Å²) in [5, 5.41) is 4.17. The Hall–Kier alpha value is -0.170. The van der Waals surface area contributed by atoms with Gasteiger partial charge in [0.1, 0.15) is 0 Å². The maximum Gasteiger partial charge on any atom is 0.264 e. The van der Waals surface area contributed by atoms with Gasteiger partial charge in [0.15, 0.2) is 0 Å². The van der Waals surface area contributed by atoms with Crippen molar-refractivity contribution in [3.63, 3.8) is 0 Å². The van der Waals surface area contributed by atoms with Crippen molar-refractivity contribution in [1.82, 2.24) is 4.90 Å². The Morgan fingerprint density at radius 2 is 2.21 bits per heavy atom. The molecule has 19 heavy (non-hydrogen) atoms. The highest BCUT2D eigenvalue weighted by Gasteiger charge is 2.33. The van der Waals surface area contributed by atoms with Crippen molar-refractivity contribution < 1.29 is 4.79 Å². The van der Waals surface area contributed by atoms with Gasteiger partial charge in [-0.15, -0.1) is 11.3 Å². The normalized spacial score (nSPS) is 14.6. The summed E-state index contributed by atoms with van der Waals surface area (Å²) in [5.41, 5.74) is 1.22. The lowest BCUT2D eigenvalue weighted by atomic mass is 10.3. The van der Waals surface area contributed by atoms with Crippen LogP contribution in [0.2, 0.25) is 0 Å². The van der Waals surface area contributed by atoms with Crippen molar-refractivity contribution in [2.45, 2.75) is 25.4 Å². The number of nitrogens with zero attached hydrogens (tertiary/aromatic N) is 1. The van der Waals surface area contributed by atoms with E-state index in [2.05, 4.69) is 48.7 Å². The Morgan fingerprint density at radius 1 is 1.42 bits per heavy atom. The van der Waals surface area contributed by atoms with Gasteiger partial charge in [-0.2, -0.15) is 11.3 Å². The molecule has 1 saturated carbocycles. The molecule has 0 atom stereocenters. The molecule has 1 aliphatic carbocycles. The minimum atomic E-state index is 0.144. The molecule has 0 aliphatic heterocycles. The largest absolute Gasteiger partial charge is 0.331 e. The molecule has 0 spiro atoms. The smallest absolute Gasteiger partial charge is 0.264 e. The summed E-state index contributed by atoms with van der Waals surface area (Å²) in [5.74, 6) is 0.144. The summed E-state index contributed by atoms with van der Waals surface area (Å²) in [6.07, 6.45) is 2.26. The summed E-state index contributed by atoms with van der Waals surface area (Å²) in [7, 11) is 0. The van der Waals surface area contributed by atoms with Crippen LogP contribution in [0.25, 0.3) is 0 Å². The average molecular weight is 421 g/mol. The van der Waals surface area contributed by atoms with E-state index in [9.17, 15) is 4.79 Å². The third-order valence-corrected chi connectivity index (χ3v) is 7.01. The first-order chi connectivity index (χ1) is 9.15. The summed E-state index contributed by atoms with van der Waals surface area (Å²) in [6, 6.07) is 4.42. The molecule has 1 amide bonds. The molecule has 2 aromatic rings. The molecule has 2 heterocycles. The van der Waals surface area contributed by atoms with E-state index in [-0.39, 0.29) is 5.91 Å². The zero-order chi connectivity index (χ0) is 13.4. The number of halogens is 2. The molecule has 3 rings (SSSR count). The summed E-state index contributed by atoms with van der Waals surface area (Å²) < 4.78 is 1.93. The molecule has 2 nitrogen and oxygen atoms in total. The zero-order valence-corrected chi connectivity index (χ0v) is 14.7. The van der Waals surface area contributed by atoms with Gasteiger partial charge >= 0.3 is 0 Å². The molecular formula is C13H11Br2NOS2. The number of hydrogen-bond donors (Lipinski definition) is 0. The van der Waals surface area contributed by atoms with Gasteiger partial charge in [0.25, 0.3) is 5.91 Å². The minimum absolute atomic E-state index is 0.144. The first-order valence-electron chi connectivity index (χ1n) is 5.92. The van der Waals surface area contributed by atoms with E-state index in [1.165, 1.54) is 16.9 Å². The lowest BCUT2D eigenvalue weighted by molar-refractivity contribution is 0.0735. The SMILES string of the molecule is O=C(c1cc(Br)c(Br)s1)N(Cc1ccsc1)C1CC1. The van der Waals surface area contributed by atoms with Crippen molar-refractivity contribution in [3.05, 3.63) is 41.6 Å². The van der Waals surface area contributed by atoms with E-state index in [0.29, 0.717) is 6.04 Å². The number of thiophene rings is 2. The molecule has 6 heteroatoms. The molecule has 0 bridgehead atoms. The van der Waals surface area contributed by atoms with Crippen molar-refractivity contribution in [3.8, 4) is 0 Å². The van der Waals surface area contributed by atoms with Crippen LogP contribution in [0.3, 0.4) is 0 Å². The van der Waals surface area contributed by atoms with Gasteiger partial charge < -0.3 is 4.90 Å². The monoisotopic (exact) mass is 419 g/mol. The summed E-state index contributed by atoms with van der Waals surface area (Å²) in [4.78, 5) is 15.4. The zero-order valence-electron chi connectivity index (χ0n) is 9.94. The van der Waals surface area contributed by atoms with E-state index in [0.717, 1.165) is 32.5 Å². The number of rotatable bonds is 4. The van der Waals surface area contributed by atoms with Gasteiger partial charge in [0.2, 0.25) is 0 Å². The fourth-order valence-corrected chi connectivity index (χ4v) is 4.58. The van der Waals surface area contributed by atoms with E-state index >= 15 is 0 Å². The number of carbonyl (C=O) groups excluding carboxylic acids is 1. The van der Waals surface area contributed by atoms with Crippen molar-refractivity contribution in [2.24, 2.45) is 0 Å². The van der Waals surface area contributed by atoms with Gasteiger partial charge in [-0.1, -0.05) is 0 Å². The predicted molar refractivity (Wildman–Crippen MR) is 86.9 cm³/mol. The third kappa shape index (κ3) is 3.12. The second kappa shape index (κ2) is 5.68. The average Bonchev–Trinajstić information content (AvgIpc) is 3.00. The summed E-state index contributed by atoms with van der Waals surface area (Å²) in [6.45, 7) is 0.722. The molecule has 0 N–H and O–H groups in total. The molecule has 0 aromatic carbocycles. The van der Waals surface area contributed by atoms with Gasteiger partial charge in [-0.05, 0) is 73.2 Å². The van der Waals surface area contributed by atoms with Crippen molar-refractivity contribution in [1.29, 1.82) is 0 Å². The van der Waals surface area contributed by atoms with E-state index in [1.54, 1.807) is 11.3 Å². The van der Waals surface area contributed by atoms with Crippen LogP contribution in [0.4, 0.5) is 0 Å². The lowest BCUT2D eigenvalue weighted by Gasteiger charge is -2.21. The quantitative estimate of drug-likeness (QED) is 0.670. The molecule has 1 fully saturated rings. The molecule has 0 unspecified atom stereocenters. The van der Waals surface area contributed by atoms with Crippen LogP contribution in [-0.4, -0.2) is 16.8 Å². The number of amides is 1. The van der Waals surface area contributed by atoms with E-state index in [4.69, 9.17) is 0 Å². The fourth-order valence-electron chi connectivity index (χ4n) is 1.93. The Morgan fingerprint density at radius 3 is 2.74 bits per heavy atom. The molecule has 0 saturated heterocycles. The first kappa shape index (κ1) is 13.8. The van der Waals surface area contributed by atoms with Crippen LogP contribution >= 0.6 is 54.5 Å². The summed E-state index contributed by atoms with van der Waals surface area (Å²) >= 11 is 10.1. The predicted octanol–water partition coefficient (Wildman–Crippen LogP) is 5.14. The lowest BCUT2D eigenvalue weighted by Crippen LogP contribution is -2.31. The molecular weight excluding hydrogens is 410 g/mol. The Labute approximate surface area is 136 Å². The maximum atomic E-state index is 12.6. The highest BCUT2D eigenvalue weighted by molar-refractivity contribution is 9.13. The van der Waals surface area contributed by atoms with Crippen LogP contribution < -0.4 is 0 Å². The fraction of sp³-hybridized carbons (Fsp3) is 0.308. The Bertz CT molecular complexity index is 570. The second-order valence-electron chi connectivity index (χ2n) is 4.53. The van der Waals surface area contributed by atoms with E-state index in [1.807, 2.05) is 11.0 Å². The Kier molecular flexibility index (Phi) is 4.12. The highest BCUT2D eigenvalue weighted by Crippen LogP contribution is 2.36. The third-order valence-electron chi connectivity index (χ3n) is 3.04. The molecule has 2 aromatic heterocycles. The molecule has 1 aliphatic rings. The van der Waals surface area contributed by atoms with Gasteiger partial charge in [0.05, 0.1) is 8.66 Å².